The number of hydrogen-bond donors (Lipinski definition) is 1. The van der Waals surface area contributed by atoms with Crippen molar-refractivity contribution in [1.29, 1.82) is 0 Å². The molecule has 0 aliphatic heterocycles. The molecule has 0 radical (unpaired) electrons. The van der Waals surface area contributed by atoms with Crippen LogP contribution >= 0.6 is 23.8 Å². The summed E-state index contributed by atoms with van der Waals surface area (Å²) in [5.74, 6) is 1.44. The number of ether oxygens (including phenoxy) is 1. The molecule has 2 rings (SSSR count). The Morgan fingerprint density at radius 1 is 1.16 bits per heavy atom. The summed E-state index contributed by atoms with van der Waals surface area (Å²) in [4.78, 5) is 0.324. The Bertz CT molecular complexity index is 640. The van der Waals surface area contributed by atoms with Crippen LogP contribution in [0.5, 0.6) is 11.5 Å². The van der Waals surface area contributed by atoms with E-state index in [-0.39, 0.29) is 0 Å². The number of para-hydroxylation sites is 1. The van der Waals surface area contributed by atoms with Crippen LogP contribution in [0.25, 0.3) is 0 Å². The minimum Gasteiger partial charge on any atom is -0.456 e. The topological polar surface area (TPSA) is 35.2 Å². The number of aryl methyl sites for hydroxylation is 2. The van der Waals surface area contributed by atoms with Gasteiger partial charge < -0.3 is 10.5 Å². The Morgan fingerprint density at radius 3 is 2.53 bits per heavy atom. The lowest BCUT2D eigenvalue weighted by Gasteiger charge is -2.14. The van der Waals surface area contributed by atoms with E-state index >= 15 is 0 Å². The molecule has 0 saturated carbocycles. The fraction of sp³-hybridized carbons (Fsp3) is 0.133. The lowest BCUT2D eigenvalue weighted by atomic mass is 10.1. The van der Waals surface area contributed by atoms with Gasteiger partial charge in [-0.3, -0.25) is 0 Å². The molecule has 0 spiro atoms. The van der Waals surface area contributed by atoms with Gasteiger partial charge in [0, 0.05) is 5.02 Å². The van der Waals surface area contributed by atoms with Crippen molar-refractivity contribution in [3.05, 3.63) is 58.1 Å². The van der Waals surface area contributed by atoms with Crippen molar-refractivity contribution in [2.24, 2.45) is 5.73 Å². The SMILES string of the molecule is Cc1cc(Cl)ccc1Oc1c(C)cccc1C(N)=S. The van der Waals surface area contributed by atoms with Gasteiger partial charge in [0.05, 0.1) is 5.56 Å². The van der Waals surface area contributed by atoms with Gasteiger partial charge in [0.2, 0.25) is 0 Å². The van der Waals surface area contributed by atoms with E-state index in [1.165, 1.54) is 0 Å². The van der Waals surface area contributed by atoms with Crippen molar-refractivity contribution in [3.63, 3.8) is 0 Å². The molecule has 2 aromatic carbocycles. The third-order valence-corrected chi connectivity index (χ3v) is 3.28. The molecule has 0 bridgehead atoms. The quantitative estimate of drug-likeness (QED) is 0.852. The Balaban J connectivity index is 2.46. The second-order valence-electron chi connectivity index (χ2n) is 4.33. The Morgan fingerprint density at radius 2 is 1.89 bits per heavy atom. The van der Waals surface area contributed by atoms with E-state index in [0.717, 1.165) is 22.4 Å². The average molecular weight is 292 g/mol. The van der Waals surface area contributed by atoms with Gasteiger partial charge in [0.15, 0.2) is 0 Å². The molecule has 98 valence electrons. The van der Waals surface area contributed by atoms with Crippen LogP contribution in [-0.4, -0.2) is 4.99 Å². The van der Waals surface area contributed by atoms with E-state index < -0.39 is 0 Å². The summed E-state index contributed by atoms with van der Waals surface area (Å²) in [5, 5.41) is 0.684. The molecule has 0 amide bonds. The molecule has 2 nitrogen and oxygen atoms in total. The van der Waals surface area contributed by atoms with Gasteiger partial charge in [-0.1, -0.05) is 36.0 Å². The van der Waals surface area contributed by atoms with Gasteiger partial charge in [0.25, 0.3) is 0 Å². The number of thiocarbonyl (C=S) groups is 1. The van der Waals surface area contributed by atoms with E-state index in [4.69, 9.17) is 34.3 Å². The predicted octanol–water partition coefficient (Wildman–Crippen LogP) is 4.38. The molecular weight excluding hydrogens is 278 g/mol. The predicted molar refractivity (Wildman–Crippen MR) is 83.3 cm³/mol. The monoisotopic (exact) mass is 291 g/mol. The van der Waals surface area contributed by atoms with Crippen molar-refractivity contribution in [2.45, 2.75) is 13.8 Å². The van der Waals surface area contributed by atoms with E-state index in [9.17, 15) is 0 Å². The first-order valence-corrected chi connectivity index (χ1v) is 6.61. The maximum Gasteiger partial charge on any atom is 0.140 e. The van der Waals surface area contributed by atoms with Crippen LogP contribution in [0.2, 0.25) is 5.02 Å². The van der Waals surface area contributed by atoms with Crippen LogP contribution < -0.4 is 10.5 Å². The summed E-state index contributed by atoms with van der Waals surface area (Å²) in [6.45, 7) is 3.91. The molecular formula is C15H14ClNOS. The first-order valence-electron chi connectivity index (χ1n) is 5.82. The second kappa shape index (κ2) is 5.59. The largest absolute Gasteiger partial charge is 0.456 e. The Kier molecular flexibility index (Phi) is 4.08. The summed E-state index contributed by atoms with van der Waals surface area (Å²) in [7, 11) is 0. The van der Waals surface area contributed by atoms with E-state index in [1.54, 1.807) is 6.07 Å². The van der Waals surface area contributed by atoms with Crippen molar-refractivity contribution >= 4 is 28.8 Å². The molecule has 19 heavy (non-hydrogen) atoms. The number of rotatable bonds is 3. The minimum atomic E-state index is 0.324. The third-order valence-electron chi connectivity index (χ3n) is 2.83. The molecule has 4 heteroatoms. The number of hydrogen-bond acceptors (Lipinski definition) is 2. The summed E-state index contributed by atoms with van der Waals surface area (Å²) in [6, 6.07) is 11.2. The lowest BCUT2D eigenvalue weighted by Crippen LogP contribution is -2.11. The van der Waals surface area contributed by atoms with Crippen LogP contribution in [0.1, 0.15) is 16.7 Å². The van der Waals surface area contributed by atoms with Gasteiger partial charge in [-0.15, -0.1) is 0 Å². The van der Waals surface area contributed by atoms with Crippen molar-refractivity contribution in [2.75, 3.05) is 0 Å². The maximum absolute atomic E-state index is 5.96. The van der Waals surface area contributed by atoms with Crippen LogP contribution in [0.3, 0.4) is 0 Å². The van der Waals surface area contributed by atoms with E-state index in [1.807, 2.05) is 44.2 Å². The zero-order valence-electron chi connectivity index (χ0n) is 10.7. The van der Waals surface area contributed by atoms with E-state index in [2.05, 4.69) is 0 Å². The molecule has 0 aliphatic carbocycles. The highest BCUT2D eigenvalue weighted by molar-refractivity contribution is 7.80. The fourth-order valence-electron chi connectivity index (χ4n) is 1.82. The molecule has 0 fully saturated rings. The van der Waals surface area contributed by atoms with Crippen molar-refractivity contribution in [3.8, 4) is 11.5 Å². The molecule has 0 saturated heterocycles. The second-order valence-corrected chi connectivity index (χ2v) is 5.20. The summed E-state index contributed by atoms with van der Waals surface area (Å²) >= 11 is 11.0. The standard InChI is InChI=1S/C15H14ClNOS/c1-9-4-3-5-12(15(17)19)14(9)18-13-7-6-11(16)8-10(13)2/h3-8H,1-2H3,(H2,17,19). The lowest BCUT2D eigenvalue weighted by molar-refractivity contribution is 0.474. The molecule has 0 unspecified atom stereocenters. The van der Waals surface area contributed by atoms with Crippen LogP contribution in [0.15, 0.2) is 36.4 Å². The Labute approximate surface area is 123 Å². The maximum atomic E-state index is 5.96. The first-order chi connectivity index (χ1) is 8.99. The van der Waals surface area contributed by atoms with Gasteiger partial charge >= 0.3 is 0 Å². The highest BCUT2D eigenvalue weighted by Crippen LogP contribution is 2.32. The van der Waals surface area contributed by atoms with Crippen molar-refractivity contribution < 1.29 is 4.74 Å². The fourth-order valence-corrected chi connectivity index (χ4v) is 2.21. The molecule has 0 atom stereocenters. The zero-order chi connectivity index (χ0) is 14.0. The number of halogens is 1. The molecule has 0 heterocycles. The molecule has 0 aromatic heterocycles. The summed E-state index contributed by atoms with van der Waals surface area (Å²) in [5.41, 5.74) is 8.42. The zero-order valence-corrected chi connectivity index (χ0v) is 12.3. The highest BCUT2D eigenvalue weighted by Gasteiger charge is 2.11. The third kappa shape index (κ3) is 3.06. The first kappa shape index (κ1) is 13.8. The van der Waals surface area contributed by atoms with Gasteiger partial charge in [-0.2, -0.15) is 0 Å². The summed E-state index contributed by atoms with van der Waals surface area (Å²) in [6.07, 6.45) is 0. The average Bonchev–Trinajstić information content (AvgIpc) is 2.34. The molecule has 0 aliphatic rings. The number of nitrogens with two attached hydrogens (primary N) is 1. The van der Waals surface area contributed by atoms with E-state index in [0.29, 0.717) is 15.8 Å². The Hall–Kier alpha value is -1.58. The smallest absolute Gasteiger partial charge is 0.140 e. The van der Waals surface area contributed by atoms with Crippen molar-refractivity contribution in [1.82, 2.24) is 0 Å². The van der Waals surface area contributed by atoms with Gasteiger partial charge in [0.1, 0.15) is 16.5 Å². The number of benzene rings is 2. The van der Waals surface area contributed by atoms with Gasteiger partial charge in [-0.25, -0.2) is 0 Å². The van der Waals surface area contributed by atoms with Crippen LogP contribution in [-0.2, 0) is 0 Å². The minimum absolute atomic E-state index is 0.324. The van der Waals surface area contributed by atoms with Crippen LogP contribution in [0, 0.1) is 13.8 Å². The van der Waals surface area contributed by atoms with Gasteiger partial charge in [-0.05, 0) is 49.2 Å². The molecule has 2 aromatic rings. The van der Waals surface area contributed by atoms with Crippen LogP contribution in [0.4, 0.5) is 0 Å². The molecule has 2 N–H and O–H groups in total. The normalized spacial score (nSPS) is 10.3. The highest BCUT2D eigenvalue weighted by atomic mass is 35.5. The summed E-state index contributed by atoms with van der Waals surface area (Å²) < 4.78 is 5.96.